The van der Waals surface area contributed by atoms with Crippen molar-refractivity contribution in [2.24, 2.45) is 0 Å². The van der Waals surface area contributed by atoms with Gasteiger partial charge in [0.2, 0.25) is 0 Å². The lowest BCUT2D eigenvalue weighted by atomic mass is 10.0. The van der Waals surface area contributed by atoms with Gasteiger partial charge in [0.05, 0.1) is 13.2 Å². The maximum absolute atomic E-state index is 10.0. The number of β-amino-alcohol motifs (C(OH)–C–C–N with tert-alkyl or cyclic N) is 1. The van der Waals surface area contributed by atoms with Gasteiger partial charge in [-0.2, -0.15) is 0 Å². The molecule has 2 atom stereocenters. The third-order valence-electron chi connectivity index (χ3n) is 4.18. The summed E-state index contributed by atoms with van der Waals surface area (Å²) in [6.07, 6.45) is 2.27. The van der Waals surface area contributed by atoms with Crippen molar-refractivity contribution in [3.8, 4) is 5.75 Å². The van der Waals surface area contributed by atoms with E-state index >= 15 is 0 Å². The Hall–Kier alpha value is -1.10. The molecule has 1 aliphatic heterocycles. The van der Waals surface area contributed by atoms with E-state index in [0.717, 1.165) is 31.9 Å². The second kappa shape index (κ2) is 8.37. The summed E-state index contributed by atoms with van der Waals surface area (Å²) in [6.45, 7) is 6.81. The van der Waals surface area contributed by atoms with Crippen molar-refractivity contribution in [2.45, 2.75) is 31.8 Å². The minimum Gasteiger partial charge on any atom is -0.497 e. The molecule has 0 amide bonds. The lowest BCUT2D eigenvalue weighted by Crippen LogP contribution is -2.38. The van der Waals surface area contributed by atoms with Crippen LogP contribution >= 0.6 is 0 Å². The highest BCUT2D eigenvalue weighted by molar-refractivity contribution is 5.29. The summed E-state index contributed by atoms with van der Waals surface area (Å²) < 4.78 is 5.17. The largest absolute Gasteiger partial charge is 0.497 e. The van der Waals surface area contributed by atoms with Crippen LogP contribution in [0.3, 0.4) is 0 Å². The van der Waals surface area contributed by atoms with Crippen molar-refractivity contribution >= 4 is 0 Å². The molecule has 0 aromatic heterocycles. The van der Waals surface area contributed by atoms with Gasteiger partial charge in [0.1, 0.15) is 5.75 Å². The molecule has 1 aliphatic rings. The van der Waals surface area contributed by atoms with Crippen LogP contribution in [0.4, 0.5) is 0 Å². The van der Waals surface area contributed by atoms with E-state index in [1.165, 1.54) is 18.4 Å². The molecule has 0 radical (unpaired) electrons. The fourth-order valence-electron chi connectivity index (χ4n) is 2.84. The van der Waals surface area contributed by atoms with Crippen LogP contribution < -0.4 is 10.1 Å². The number of hydrogen-bond acceptors (Lipinski definition) is 4. The SMILES string of the molecule is COc1ccc(C(C)CNCC(O)CN2CCCC2)cc1. The molecule has 4 heteroatoms. The van der Waals surface area contributed by atoms with Gasteiger partial charge >= 0.3 is 0 Å². The van der Waals surface area contributed by atoms with Gasteiger partial charge in [0, 0.05) is 19.6 Å². The van der Waals surface area contributed by atoms with Gasteiger partial charge in [-0.3, -0.25) is 0 Å². The predicted octanol–water partition coefficient (Wildman–Crippen LogP) is 1.84. The fourth-order valence-corrected chi connectivity index (χ4v) is 2.84. The number of aliphatic hydroxyl groups is 1. The Kier molecular flexibility index (Phi) is 6.49. The van der Waals surface area contributed by atoms with Crippen LogP contribution in [-0.4, -0.2) is 55.9 Å². The molecule has 1 fully saturated rings. The van der Waals surface area contributed by atoms with E-state index in [1.807, 2.05) is 12.1 Å². The van der Waals surface area contributed by atoms with Crippen molar-refractivity contribution in [3.05, 3.63) is 29.8 Å². The zero-order chi connectivity index (χ0) is 15.1. The summed E-state index contributed by atoms with van der Waals surface area (Å²) in [6, 6.07) is 8.19. The standard InChI is InChI=1S/C17H28N2O2/c1-14(15-5-7-17(21-2)8-6-15)11-18-12-16(20)13-19-9-3-4-10-19/h5-8,14,16,18,20H,3-4,9-13H2,1-2H3. The zero-order valence-corrected chi connectivity index (χ0v) is 13.2. The lowest BCUT2D eigenvalue weighted by molar-refractivity contribution is 0.123. The minimum absolute atomic E-state index is 0.272. The molecule has 21 heavy (non-hydrogen) atoms. The van der Waals surface area contributed by atoms with Gasteiger partial charge in [-0.15, -0.1) is 0 Å². The molecule has 118 valence electrons. The number of nitrogens with one attached hydrogen (secondary N) is 1. The highest BCUT2D eigenvalue weighted by Crippen LogP contribution is 2.18. The maximum atomic E-state index is 10.0. The number of ether oxygens (including phenoxy) is 1. The minimum atomic E-state index is -0.272. The van der Waals surface area contributed by atoms with Crippen molar-refractivity contribution in [1.29, 1.82) is 0 Å². The van der Waals surface area contributed by atoms with Crippen LogP contribution in [0.25, 0.3) is 0 Å². The Morgan fingerprint density at radius 1 is 1.19 bits per heavy atom. The third kappa shape index (κ3) is 5.30. The van der Waals surface area contributed by atoms with Crippen molar-refractivity contribution < 1.29 is 9.84 Å². The monoisotopic (exact) mass is 292 g/mol. The normalized spacial score (nSPS) is 18.6. The number of nitrogens with zero attached hydrogens (tertiary/aromatic N) is 1. The van der Waals surface area contributed by atoms with Crippen molar-refractivity contribution in [3.63, 3.8) is 0 Å². The molecular weight excluding hydrogens is 264 g/mol. The number of benzene rings is 1. The summed E-state index contributed by atoms with van der Waals surface area (Å²) in [7, 11) is 1.68. The number of methoxy groups -OCH3 is 1. The topological polar surface area (TPSA) is 44.7 Å². The van der Waals surface area contributed by atoms with E-state index in [2.05, 4.69) is 29.3 Å². The van der Waals surface area contributed by atoms with Gasteiger partial charge in [0.25, 0.3) is 0 Å². The van der Waals surface area contributed by atoms with Gasteiger partial charge in [-0.1, -0.05) is 19.1 Å². The Morgan fingerprint density at radius 3 is 2.48 bits per heavy atom. The first-order valence-corrected chi connectivity index (χ1v) is 7.94. The fraction of sp³-hybridized carbons (Fsp3) is 0.647. The number of aliphatic hydroxyl groups excluding tert-OH is 1. The van der Waals surface area contributed by atoms with Crippen LogP contribution in [0.5, 0.6) is 5.75 Å². The Bertz CT molecular complexity index is 402. The zero-order valence-electron chi connectivity index (χ0n) is 13.2. The summed E-state index contributed by atoms with van der Waals surface area (Å²) in [4.78, 5) is 2.35. The van der Waals surface area contributed by atoms with E-state index in [1.54, 1.807) is 7.11 Å². The molecule has 0 bridgehead atoms. The Morgan fingerprint density at radius 2 is 1.86 bits per heavy atom. The molecule has 2 unspecified atom stereocenters. The summed E-state index contributed by atoms with van der Waals surface area (Å²) in [5.41, 5.74) is 1.29. The summed E-state index contributed by atoms with van der Waals surface area (Å²) in [5.74, 6) is 1.31. The maximum Gasteiger partial charge on any atom is 0.118 e. The van der Waals surface area contributed by atoms with Gasteiger partial charge in [-0.25, -0.2) is 0 Å². The number of hydrogen-bond donors (Lipinski definition) is 2. The third-order valence-corrected chi connectivity index (χ3v) is 4.18. The first kappa shape index (κ1) is 16.3. The molecule has 1 heterocycles. The van der Waals surface area contributed by atoms with Crippen molar-refractivity contribution in [1.82, 2.24) is 10.2 Å². The number of likely N-dealkylation sites (tertiary alicyclic amines) is 1. The average Bonchev–Trinajstić information content (AvgIpc) is 3.00. The molecule has 2 rings (SSSR count). The van der Waals surface area contributed by atoms with Gasteiger partial charge < -0.3 is 20.1 Å². The van der Waals surface area contributed by atoms with Crippen LogP contribution in [-0.2, 0) is 0 Å². The highest BCUT2D eigenvalue weighted by Gasteiger charge is 2.15. The first-order valence-electron chi connectivity index (χ1n) is 7.94. The Balaban J connectivity index is 1.66. The van der Waals surface area contributed by atoms with E-state index in [4.69, 9.17) is 4.74 Å². The van der Waals surface area contributed by atoms with Gasteiger partial charge in [-0.05, 0) is 49.5 Å². The Labute approximate surface area is 128 Å². The molecule has 0 aliphatic carbocycles. The molecule has 1 aromatic carbocycles. The highest BCUT2D eigenvalue weighted by atomic mass is 16.5. The first-order chi connectivity index (χ1) is 10.2. The lowest BCUT2D eigenvalue weighted by Gasteiger charge is -2.20. The summed E-state index contributed by atoms with van der Waals surface area (Å²) >= 11 is 0. The second-order valence-electron chi connectivity index (χ2n) is 5.99. The molecule has 1 saturated heterocycles. The van der Waals surface area contributed by atoms with Crippen LogP contribution in [0.15, 0.2) is 24.3 Å². The van der Waals surface area contributed by atoms with Crippen LogP contribution in [0, 0.1) is 0 Å². The van der Waals surface area contributed by atoms with Crippen LogP contribution in [0.2, 0.25) is 0 Å². The van der Waals surface area contributed by atoms with E-state index in [9.17, 15) is 5.11 Å². The smallest absolute Gasteiger partial charge is 0.118 e. The predicted molar refractivity (Wildman–Crippen MR) is 86.0 cm³/mol. The van der Waals surface area contributed by atoms with Crippen molar-refractivity contribution in [2.75, 3.05) is 39.8 Å². The average molecular weight is 292 g/mol. The van der Waals surface area contributed by atoms with Gasteiger partial charge in [0.15, 0.2) is 0 Å². The second-order valence-corrected chi connectivity index (χ2v) is 5.99. The molecule has 0 saturated carbocycles. The molecular formula is C17H28N2O2. The van der Waals surface area contributed by atoms with E-state index < -0.39 is 0 Å². The quantitative estimate of drug-likeness (QED) is 0.767. The van der Waals surface area contributed by atoms with E-state index in [0.29, 0.717) is 12.5 Å². The molecule has 4 nitrogen and oxygen atoms in total. The molecule has 1 aromatic rings. The number of rotatable bonds is 8. The molecule has 2 N–H and O–H groups in total. The molecule has 0 spiro atoms. The van der Waals surface area contributed by atoms with Crippen LogP contribution in [0.1, 0.15) is 31.2 Å². The van der Waals surface area contributed by atoms with E-state index in [-0.39, 0.29) is 6.10 Å². The summed E-state index contributed by atoms with van der Waals surface area (Å²) in [5, 5.41) is 13.4.